The lowest BCUT2D eigenvalue weighted by atomic mass is 9.81. The number of nitrogens with zero attached hydrogens (tertiary/aromatic N) is 1. The van der Waals surface area contributed by atoms with Gasteiger partial charge < -0.3 is 19.9 Å². The third-order valence-electron chi connectivity index (χ3n) is 5.90. The average Bonchev–Trinajstić information content (AvgIpc) is 2.98. The molecular formula is C24H28N2O4. The van der Waals surface area contributed by atoms with Crippen LogP contribution < -0.4 is 15.2 Å². The van der Waals surface area contributed by atoms with E-state index < -0.39 is 11.9 Å². The first-order chi connectivity index (χ1) is 14.5. The van der Waals surface area contributed by atoms with Crippen molar-refractivity contribution in [2.75, 3.05) is 19.5 Å². The van der Waals surface area contributed by atoms with Crippen molar-refractivity contribution in [3.63, 3.8) is 0 Å². The molecule has 0 saturated carbocycles. The van der Waals surface area contributed by atoms with E-state index >= 15 is 0 Å². The molecule has 2 aromatic rings. The summed E-state index contributed by atoms with van der Waals surface area (Å²) in [5, 5.41) is 0. The lowest BCUT2D eigenvalue weighted by Gasteiger charge is -2.31. The van der Waals surface area contributed by atoms with Gasteiger partial charge >= 0.3 is 5.97 Å². The highest BCUT2D eigenvalue weighted by atomic mass is 16.5. The van der Waals surface area contributed by atoms with Crippen LogP contribution >= 0.6 is 0 Å². The van der Waals surface area contributed by atoms with Crippen molar-refractivity contribution in [2.45, 2.75) is 51.9 Å². The number of fused-ring (bicyclic) bond motifs is 2. The quantitative estimate of drug-likeness (QED) is 0.600. The highest BCUT2D eigenvalue weighted by Gasteiger charge is 2.38. The number of hydrogen-bond donors (Lipinski definition) is 1. The molecule has 6 heteroatoms. The third kappa shape index (κ3) is 3.51. The van der Waals surface area contributed by atoms with Gasteiger partial charge in [-0.1, -0.05) is 18.6 Å². The summed E-state index contributed by atoms with van der Waals surface area (Å²) in [6, 6.07) is 7.69. The highest BCUT2D eigenvalue weighted by Crippen LogP contribution is 2.48. The van der Waals surface area contributed by atoms with Crippen LogP contribution in [0.1, 0.15) is 61.4 Å². The van der Waals surface area contributed by atoms with Gasteiger partial charge in [0.15, 0.2) is 0 Å². The molecule has 2 aliphatic rings. The molecular weight excluding hydrogens is 380 g/mol. The zero-order valence-electron chi connectivity index (χ0n) is 17.8. The number of esters is 1. The van der Waals surface area contributed by atoms with Gasteiger partial charge in [0.05, 0.1) is 30.8 Å². The number of ether oxygens (including phenoxy) is 3. The number of aromatic nitrogens is 1. The van der Waals surface area contributed by atoms with E-state index in [1.165, 1.54) is 0 Å². The minimum absolute atomic E-state index is 0.283. The Morgan fingerprint density at radius 1 is 1.27 bits per heavy atom. The molecule has 1 atom stereocenters. The summed E-state index contributed by atoms with van der Waals surface area (Å²) in [4.78, 5) is 17.8. The SMILES string of the molecule is CCOC(=O)C1=C(C)Oc2nc3c(c(N)c2[C@H]1c1cccc(OC)c1)CCCCC3. The summed E-state index contributed by atoms with van der Waals surface area (Å²) in [5.74, 6) is 0.871. The van der Waals surface area contributed by atoms with E-state index in [4.69, 9.17) is 24.9 Å². The van der Waals surface area contributed by atoms with E-state index in [0.717, 1.165) is 54.5 Å². The van der Waals surface area contributed by atoms with E-state index in [9.17, 15) is 4.79 Å². The van der Waals surface area contributed by atoms with Crippen molar-refractivity contribution < 1.29 is 19.0 Å². The molecule has 1 aromatic carbocycles. The number of benzene rings is 1. The zero-order chi connectivity index (χ0) is 21.3. The number of allylic oxidation sites excluding steroid dienone is 1. The Morgan fingerprint density at radius 3 is 2.83 bits per heavy atom. The van der Waals surface area contributed by atoms with Crippen LogP contribution in [-0.4, -0.2) is 24.7 Å². The summed E-state index contributed by atoms with van der Waals surface area (Å²) in [6.07, 6.45) is 5.13. The van der Waals surface area contributed by atoms with Crippen molar-refractivity contribution >= 4 is 11.7 Å². The summed E-state index contributed by atoms with van der Waals surface area (Å²) >= 11 is 0. The lowest BCUT2D eigenvalue weighted by Crippen LogP contribution is -2.25. The third-order valence-corrected chi connectivity index (χ3v) is 5.90. The fourth-order valence-corrected chi connectivity index (χ4v) is 4.47. The summed E-state index contributed by atoms with van der Waals surface area (Å²) < 4.78 is 16.9. The van der Waals surface area contributed by atoms with Crippen molar-refractivity contribution in [3.05, 3.63) is 58.0 Å². The maximum Gasteiger partial charge on any atom is 0.338 e. The van der Waals surface area contributed by atoms with Gasteiger partial charge in [0.2, 0.25) is 5.88 Å². The second-order valence-corrected chi connectivity index (χ2v) is 7.73. The standard InChI is InChI=1S/C24H28N2O4/c1-4-29-24(27)19-14(2)30-23-21(20(19)15-9-8-10-16(13-15)28-3)22(25)17-11-6-5-7-12-18(17)26-23/h8-10,13,20H,4-7,11-12H2,1-3H3,(H2,25,26)/t20-/m0/s1. The molecule has 6 nitrogen and oxygen atoms in total. The molecule has 0 fully saturated rings. The largest absolute Gasteiger partial charge is 0.497 e. The van der Waals surface area contributed by atoms with Crippen molar-refractivity contribution in [1.82, 2.24) is 4.98 Å². The first-order valence-electron chi connectivity index (χ1n) is 10.6. The van der Waals surface area contributed by atoms with Crippen LogP contribution in [0.3, 0.4) is 0 Å². The molecule has 0 amide bonds. The number of pyridine rings is 1. The zero-order valence-corrected chi connectivity index (χ0v) is 17.8. The molecule has 4 rings (SSSR count). The molecule has 0 saturated heterocycles. The van der Waals surface area contributed by atoms with Crippen LogP contribution in [0.2, 0.25) is 0 Å². The van der Waals surface area contributed by atoms with Gasteiger partial charge in [0, 0.05) is 11.4 Å². The Hall–Kier alpha value is -3.02. The number of hydrogen-bond acceptors (Lipinski definition) is 6. The van der Waals surface area contributed by atoms with Crippen LogP contribution in [0.25, 0.3) is 0 Å². The predicted molar refractivity (Wildman–Crippen MR) is 115 cm³/mol. The van der Waals surface area contributed by atoms with Gasteiger partial charge in [0.1, 0.15) is 11.5 Å². The maximum atomic E-state index is 13.0. The number of rotatable bonds is 4. The molecule has 0 radical (unpaired) electrons. The van der Waals surface area contributed by atoms with Gasteiger partial charge in [-0.15, -0.1) is 0 Å². The molecule has 30 heavy (non-hydrogen) atoms. The van der Waals surface area contributed by atoms with E-state index in [-0.39, 0.29) is 6.61 Å². The van der Waals surface area contributed by atoms with Crippen LogP contribution in [0.4, 0.5) is 5.69 Å². The van der Waals surface area contributed by atoms with Crippen LogP contribution in [0.5, 0.6) is 11.6 Å². The lowest BCUT2D eigenvalue weighted by molar-refractivity contribution is -0.139. The molecule has 0 bridgehead atoms. The Bertz CT molecular complexity index is 1010. The number of nitrogens with two attached hydrogens (primary N) is 1. The highest BCUT2D eigenvalue weighted by molar-refractivity contribution is 5.93. The first kappa shape index (κ1) is 20.3. The van der Waals surface area contributed by atoms with Gasteiger partial charge in [0.25, 0.3) is 0 Å². The minimum atomic E-state index is -0.427. The van der Waals surface area contributed by atoms with Gasteiger partial charge in [-0.3, -0.25) is 0 Å². The molecule has 0 spiro atoms. The van der Waals surface area contributed by atoms with Crippen molar-refractivity contribution in [1.29, 1.82) is 0 Å². The monoisotopic (exact) mass is 408 g/mol. The normalized spacial score (nSPS) is 18.0. The van der Waals surface area contributed by atoms with Gasteiger partial charge in [-0.2, -0.15) is 0 Å². The Morgan fingerprint density at radius 2 is 2.07 bits per heavy atom. The predicted octanol–water partition coefficient (Wildman–Crippen LogP) is 4.30. The summed E-state index contributed by atoms with van der Waals surface area (Å²) in [7, 11) is 1.63. The smallest absolute Gasteiger partial charge is 0.338 e. The fraction of sp³-hybridized carbons (Fsp3) is 0.417. The molecule has 1 aliphatic heterocycles. The minimum Gasteiger partial charge on any atom is -0.497 e. The number of anilines is 1. The molecule has 1 aromatic heterocycles. The Balaban J connectivity index is 1.95. The number of aryl methyl sites for hydroxylation is 1. The molecule has 1 aliphatic carbocycles. The average molecular weight is 408 g/mol. The van der Waals surface area contributed by atoms with Crippen LogP contribution in [-0.2, 0) is 22.4 Å². The van der Waals surface area contributed by atoms with Gasteiger partial charge in [-0.05, 0) is 62.8 Å². The Labute approximate surface area is 177 Å². The van der Waals surface area contributed by atoms with Crippen molar-refractivity contribution in [2.24, 2.45) is 0 Å². The van der Waals surface area contributed by atoms with E-state index in [1.54, 1.807) is 21.0 Å². The van der Waals surface area contributed by atoms with E-state index in [0.29, 0.717) is 28.6 Å². The van der Waals surface area contributed by atoms with E-state index in [2.05, 4.69) is 0 Å². The summed E-state index contributed by atoms with van der Waals surface area (Å²) in [5.41, 5.74) is 11.6. The number of nitrogen functional groups attached to an aromatic ring is 1. The van der Waals surface area contributed by atoms with Crippen LogP contribution in [0.15, 0.2) is 35.6 Å². The van der Waals surface area contributed by atoms with Gasteiger partial charge in [-0.25, -0.2) is 9.78 Å². The van der Waals surface area contributed by atoms with Crippen LogP contribution in [0, 0.1) is 0 Å². The molecule has 2 N–H and O–H groups in total. The first-order valence-corrected chi connectivity index (χ1v) is 10.6. The number of methoxy groups -OCH3 is 1. The second-order valence-electron chi connectivity index (χ2n) is 7.73. The number of carbonyl (C=O) groups is 1. The van der Waals surface area contributed by atoms with E-state index in [1.807, 2.05) is 24.3 Å². The summed E-state index contributed by atoms with van der Waals surface area (Å²) in [6.45, 7) is 3.86. The molecule has 158 valence electrons. The fourth-order valence-electron chi connectivity index (χ4n) is 4.47. The molecule has 2 heterocycles. The Kier molecular flexibility index (Phi) is 5.66. The maximum absolute atomic E-state index is 13.0. The molecule has 0 unspecified atom stereocenters. The van der Waals surface area contributed by atoms with Crippen molar-refractivity contribution in [3.8, 4) is 11.6 Å². The number of carbonyl (C=O) groups excluding carboxylic acids is 1. The topological polar surface area (TPSA) is 83.7 Å². The second kappa shape index (κ2) is 8.38.